The SMILES string of the molecule is CC(=O)c1ccc(N=Nc2ccc(N=Nc3ccc(N4CCSC4)cc3)cc2)cc1. The highest BCUT2D eigenvalue weighted by molar-refractivity contribution is 7.99. The summed E-state index contributed by atoms with van der Waals surface area (Å²) in [5.74, 6) is 2.27. The Morgan fingerprint density at radius 1 is 0.733 bits per heavy atom. The Bertz CT molecular complexity index is 1050. The van der Waals surface area contributed by atoms with Gasteiger partial charge in [-0.25, -0.2) is 0 Å². The molecule has 0 amide bonds. The predicted molar refractivity (Wildman–Crippen MR) is 122 cm³/mol. The van der Waals surface area contributed by atoms with Gasteiger partial charge >= 0.3 is 0 Å². The number of carbonyl (C=O) groups excluding carboxylic acids is 1. The first-order chi connectivity index (χ1) is 14.7. The fourth-order valence-electron chi connectivity index (χ4n) is 2.93. The number of nitrogens with zero attached hydrogens (tertiary/aromatic N) is 5. The summed E-state index contributed by atoms with van der Waals surface area (Å²) in [4.78, 5) is 13.7. The van der Waals surface area contributed by atoms with Gasteiger partial charge in [0.15, 0.2) is 5.78 Å². The van der Waals surface area contributed by atoms with Gasteiger partial charge in [-0.2, -0.15) is 20.5 Å². The molecule has 1 saturated heterocycles. The zero-order valence-electron chi connectivity index (χ0n) is 16.6. The van der Waals surface area contributed by atoms with E-state index in [1.54, 1.807) is 24.3 Å². The molecule has 0 atom stereocenters. The first-order valence-corrected chi connectivity index (χ1v) is 10.8. The van der Waals surface area contributed by atoms with Gasteiger partial charge in [-0.1, -0.05) is 0 Å². The molecule has 0 saturated carbocycles. The van der Waals surface area contributed by atoms with E-state index in [-0.39, 0.29) is 5.78 Å². The first-order valence-electron chi connectivity index (χ1n) is 9.65. The lowest BCUT2D eigenvalue weighted by Crippen LogP contribution is -2.17. The summed E-state index contributed by atoms with van der Waals surface area (Å²) in [5.41, 5.74) is 4.87. The number of anilines is 1. The third-order valence-corrected chi connectivity index (χ3v) is 5.62. The zero-order chi connectivity index (χ0) is 20.8. The number of rotatable bonds is 6. The van der Waals surface area contributed by atoms with E-state index in [9.17, 15) is 4.79 Å². The molecule has 0 N–H and O–H groups in total. The molecule has 0 unspecified atom stereocenters. The molecule has 3 aromatic rings. The van der Waals surface area contributed by atoms with Crippen LogP contribution in [0.3, 0.4) is 0 Å². The lowest BCUT2D eigenvalue weighted by molar-refractivity contribution is 0.101. The maximum absolute atomic E-state index is 11.3. The molecule has 3 aromatic carbocycles. The molecule has 1 aliphatic heterocycles. The van der Waals surface area contributed by atoms with E-state index in [4.69, 9.17) is 0 Å². The lowest BCUT2D eigenvalue weighted by Gasteiger charge is -2.16. The molecule has 0 radical (unpaired) electrons. The summed E-state index contributed by atoms with van der Waals surface area (Å²) < 4.78 is 0. The summed E-state index contributed by atoms with van der Waals surface area (Å²) in [6.45, 7) is 2.64. The Balaban J connectivity index is 1.36. The number of ketones is 1. The molecular formula is C23H21N5OS. The van der Waals surface area contributed by atoms with Crippen molar-refractivity contribution in [2.24, 2.45) is 20.5 Å². The number of Topliss-reactive ketones (excluding diaryl/α,β-unsaturated/α-hetero) is 1. The van der Waals surface area contributed by atoms with Crippen molar-refractivity contribution in [1.29, 1.82) is 0 Å². The lowest BCUT2D eigenvalue weighted by atomic mass is 10.1. The fraction of sp³-hybridized carbons (Fsp3) is 0.174. The van der Waals surface area contributed by atoms with Gasteiger partial charge in [0.05, 0.1) is 28.6 Å². The van der Waals surface area contributed by atoms with Crippen LogP contribution in [0.15, 0.2) is 93.3 Å². The number of hydrogen-bond acceptors (Lipinski definition) is 7. The Labute approximate surface area is 179 Å². The van der Waals surface area contributed by atoms with E-state index < -0.39 is 0 Å². The smallest absolute Gasteiger partial charge is 0.159 e. The van der Waals surface area contributed by atoms with E-state index in [1.165, 1.54) is 18.4 Å². The van der Waals surface area contributed by atoms with E-state index in [0.29, 0.717) is 11.3 Å². The van der Waals surface area contributed by atoms with Crippen LogP contribution in [-0.4, -0.2) is 24.0 Å². The maximum atomic E-state index is 11.3. The predicted octanol–water partition coefficient (Wildman–Crippen LogP) is 7.23. The Hall–Kier alpha value is -3.32. The van der Waals surface area contributed by atoms with Gasteiger partial charge in [0.1, 0.15) is 0 Å². The van der Waals surface area contributed by atoms with Crippen molar-refractivity contribution in [3.8, 4) is 0 Å². The molecule has 0 aliphatic carbocycles. The monoisotopic (exact) mass is 415 g/mol. The zero-order valence-corrected chi connectivity index (χ0v) is 17.4. The molecular weight excluding hydrogens is 394 g/mol. The van der Waals surface area contributed by atoms with E-state index in [2.05, 4.69) is 37.5 Å². The topological polar surface area (TPSA) is 69.7 Å². The highest BCUT2D eigenvalue weighted by Gasteiger charge is 2.11. The van der Waals surface area contributed by atoms with Crippen molar-refractivity contribution in [3.63, 3.8) is 0 Å². The average Bonchev–Trinajstić information content (AvgIpc) is 3.33. The van der Waals surface area contributed by atoms with E-state index >= 15 is 0 Å². The van der Waals surface area contributed by atoms with Crippen LogP contribution in [0.25, 0.3) is 0 Å². The van der Waals surface area contributed by atoms with Crippen LogP contribution in [0.5, 0.6) is 0 Å². The van der Waals surface area contributed by atoms with Gasteiger partial charge in [0.2, 0.25) is 0 Å². The number of thioether (sulfide) groups is 1. The van der Waals surface area contributed by atoms with Crippen LogP contribution in [0, 0.1) is 0 Å². The van der Waals surface area contributed by atoms with E-state index in [1.807, 2.05) is 48.2 Å². The highest BCUT2D eigenvalue weighted by atomic mass is 32.2. The summed E-state index contributed by atoms with van der Waals surface area (Å²) >= 11 is 1.95. The van der Waals surface area contributed by atoms with Gasteiger partial charge < -0.3 is 4.90 Å². The van der Waals surface area contributed by atoms with Gasteiger partial charge in [0.25, 0.3) is 0 Å². The molecule has 0 spiro atoms. The van der Waals surface area contributed by atoms with Crippen molar-refractivity contribution < 1.29 is 4.79 Å². The van der Waals surface area contributed by atoms with Gasteiger partial charge in [-0.05, 0) is 79.7 Å². The first kappa shape index (κ1) is 20.0. The van der Waals surface area contributed by atoms with Crippen molar-refractivity contribution in [2.75, 3.05) is 23.1 Å². The molecule has 150 valence electrons. The van der Waals surface area contributed by atoms with Crippen LogP contribution < -0.4 is 4.90 Å². The Kier molecular flexibility index (Phi) is 6.29. The quantitative estimate of drug-likeness (QED) is 0.315. The second-order valence-electron chi connectivity index (χ2n) is 6.84. The number of hydrogen-bond donors (Lipinski definition) is 0. The third-order valence-electron chi connectivity index (χ3n) is 4.65. The molecule has 4 rings (SSSR count). The van der Waals surface area contributed by atoms with Gasteiger partial charge in [-0.3, -0.25) is 4.79 Å². The largest absolute Gasteiger partial charge is 0.361 e. The summed E-state index contributed by atoms with van der Waals surface area (Å²) in [6, 6.07) is 22.6. The van der Waals surface area contributed by atoms with Gasteiger partial charge in [-0.15, -0.1) is 11.8 Å². The van der Waals surface area contributed by atoms with Crippen molar-refractivity contribution in [1.82, 2.24) is 0 Å². The standard InChI is InChI=1S/C23H21N5OS/c1-17(29)18-2-4-19(5-3-18)24-25-20-6-8-21(9-7-20)26-27-22-10-12-23(13-11-22)28-14-15-30-16-28/h2-13H,14-16H2,1H3. The molecule has 1 aliphatic rings. The average molecular weight is 416 g/mol. The minimum absolute atomic E-state index is 0.0323. The third kappa shape index (κ3) is 5.18. The Morgan fingerprint density at radius 2 is 1.17 bits per heavy atom. The minimum Gasteiger partial charge on any atom is -0.361 e. The molecule has 30 heavy (non-hydrogen) atoms. The molecule has 0 aromatic heterocycles. The van der Waals surface area contributed by atoms with Crippen LogP contribution >= 0.6 is 11.8 Å². The van der Waals surface area contributed by atoms with Crippen LogP contribution in [0.1, 0.15) is 17.3 Å². The van der Waals surface area contributed by atoms with Crippen LogP contribution in [0.4, 0.5) is 28.4 Å². The van der Waals surface area contributed by atoms with Crippen LogP contribution in [0.2, 0.25) is 0 Å². The second-order valence-corrected chi connectivity index (χ2v) is 7.91. The van der Waals surface area contributed by atoms with Crippen molar-refractivity contribution in [3.05, 3.63) is 78.4 Å². The fourth-order valence-corrected chi connectivity index (χ4v) is 3.90. The Morgan fingerprint density at radius 3 is 1.57 bits per heavy atom. The summed E-state index contributed by atoms with van der Waals surface area (Å²) in [7, 11) is 0. The summed E-state index contributed by atoms with van der Waals surface area (Å²) in [6.07, 6.45) is 0. The molecule has 6 nitrogen and oxygen atoms in total. The molecule has 1 fully saturated rings. The van der Waals surface area contributed by atoms with E-state index in [0.717, 1.165) is 29.5 Å². The summed E-state index contributed by atoms with van der Waals surface area (Å²) in [5, 5.41) is 17.0. The van der Waals surface area contributed by atoms with Crippen molar-refractivity contribution >= 4 is 46.0 Å². The number of azo groups is 2. The maximum Gasteiger partial charge on any atom is 0.159 e. The normalized spacial score (nSPS) is 14.1. The second kappa shape index (κ2) is 9.45. The van der Waals surface area contributed by atoms with Gasteiger partial charge in [0, 0.05) is 23.5 Å². The molecule has 0 bridgehead atoms. The number of carbonyl (C=O) groups is 1. The molecule has 1 heterocycles. The minimum atomic E-state index is 0.0323. The highest BCUT2D eigenvalue weighted by Crippen LogP contribution is 2.27. The van der Waals surface area contributed by atoms with Crippen molar-refractivity contribution in [2.45, 2.75) is 6.92 Å². The van der Waals surface area contributed by atoms with Crippen LogP contribution in [-0.2, 0) is 0 Å². The number of benzene rings is 3. The molecule has 7 heteroatoms.